The normalized spacial score (nSPS) is 10.0. The van der Waals surface area contributed by atoms with Crippen LogP contribution < -0.4 is 54.4 Å². The first-order valence-electron chi connectivity index (χ1n) is 28.7. The first kappa shape index (κ1) is 72.5. The summed E-state index contributed by atoms with van der Waals surface area (Å²) in [7, 11) is 4.48. The third kappa shape index (κ3) is 25.7. The number of carboxylic acids is 4. The summed E-state index contributed by atoms with van der Waals surface area (Å²) >= 11 is 0. The van der Waals surface area contributed by atoms with Crippen molar-refractivity contribution in [2.75, 3.05) is 70.3 Å². The minimum Gasteiger partial charge on any atom is -0.507 e. The molecule has 4 amide bonds. The van der Waals surface area contributed by atoms with Crippen LogP contribution in [-0.2, 0) is 25.6 Å². The number of hydrogen-bond donors (Lipinski definition) is 10. The van der Waals surface area contributed by atoms with Gasteiger partial charge in [-0.3, -0.25) is 33.6 Å². The Hall–Kier alpha value is -12.3. The van der Waals surface area contributed by atoms with Crippen molar-refractivity contribution in [3.63, 3.8) is 0 Å². The lowest BCUT2D eigenvalue weighted by atomic mass is 10.1. The molecular formula is C69H70N4O21. The molecule has 0 atom stereocenters. The number of aryl methyl sites for hydroxylation is 1. The highest BCUT2D eigenvalue weighted by atomic mass is 16.5. The molecule has 8 rings (SSSR count). The van der Waals surface area contributed by atoms with Gasteiger partial charge >= 0.3 is 23.9 Å². The second kappa shape index (κ2) is 39.0. The number of benzene rings is 8. The number of carboxylic acid groups (broad SMARTS) is 4. The van der Waals surface area contributed by atoms with Gasteiger partial charge in [0, 0.05) is 23.6 Å². The van der Waals surface area contributed by atoms with Crippen LogP contribution in [0.25, 0.3) is 0 Å². The molecule has 25 nitrogen and oxygen atoms in total. The summed E-state index contributed by atoms with van der Waals surface area (Å²) in [5.74, 6) is -1.81. The summed E-state index contributed by atoms with van der Waals surface area (Å²) in [5, 5.41) is 64.4. The van der Waals surface area contributed by atoms with E-state index in [0.717, 1.165) is 18.4 Å². The van der Waals surface area contributed by atoms with E-state index in [4.69, 9.17) is 53.6 Å². The number of rotatable bonds is 29. The summed E-state index contributed by atoms with van der Waals surface area (Å²) in [5.41, 5.74) is 4.02. The molecule has 0 aliphatic rings. The standard InChI is InChI=1S/C18H19NO6.C18H19NO5.C17H17NO5.C16H15NO5/c1-23-15-5-3-4-14(17(15)24-2)18(22)19-12-6-8-13(9-7-12)25-11-10-16(20)21;20-16-6-2-1-5-15(16)18(23)19-11-3-4-13-7-9-14(10-8-13)24-12-17(21)22;1-22-15-5-3-2-4-14(15)17(21)18-12-6-8-13(9-7-12)23-11-10-16(19)20;18-14-4-2-1-3-13(14)16(21)17-11-5-7-12(8-6-11)22-10-9-15(19)20/h3-9H,10-11H2,1-2H3,(H,19,22)(H,20,21);1-2,5-10,20H,3-4,11-12H2,(H,19,23)(H,21,22);2-9H,10-11H2,1H3,(H,18,21)(H,19,20);1-8,18H,9-10H2,(H,17,21)(H,19,20). The van der Waals surface area contributed by atoms with Gasteiger partial charge in [-0.2, -0.15) is 0 Å². The highest BCUT2D eigenvalue weighted by molar-refractivity contribution is 6.08. The van der Waals surface area contributed by atoms with Crippen LogP contribution in [0.15, 0.2) is 188 Å². The zero-order valence-corrected chi connectivity index (χ0v) is 51.3. The third-order valence-electron chi connectivity index (χ3n) is 12.6. The van der Waals surface area contributed by atoms with Gasteiger partial charge in [0.25, 0.3) is 23.6 Å². The van der Waals surface area contributed by atoms with E-state index in [0.29, 0.717) is 75.0 Å². The summed E-state index contributed by atoms with van der Waals surface area (Å²) in [4.78, 5) is 90.3. The van der Waals surface area contributed by atoms with E-state index in [9.17, 15) is 48.6 Å². The molecule has 492 valence electrons. The van der Waals surface area contributed by atoms with Gasteiger partial charge in [-0.05, 0) is 152 Å². The fourth-order valence-corrected chi connectivity index (χ4v) is 7.98. The molecule has 94 heavy (non-hydrogen) atoms. The average molecular weight is 1290 g/mol. The molecular weight excluding hydrogens is 1220 g/mol. The van der Waals surface area contributed by atoms with E-state index in [2.05, 4.69) is 21.3 Å². The van der Waals surface area contributed by atoms with Crippen molar-refractivity contribution in [1.82, 2.24) is 5.32 Å². The number of phenols is 2. The molecule has 0 aliphatic carbocycles. The zero-order chi connectivity index (χ0) is 68.2. The van der Waals surface area contributed by atoms with Gasteiger partial charge in [-0.25, -0.2) is 4.79 Å². The highest BCUT2D eigenvalue weighted by Crippen LogP contribution is 2.32. The van der Waals surface area contributed by atoms with Crippen LogP contribution in [0, 0.1) is 0 Å². The number of hydrogen-bond acceptors (Lipinski definition) is 17. The van der Waals surface area contributed by atoms with Gasteiger partial charge < -0.3 is 85.1 Å². The fourth-order valence-electron chi connectivity index (χ4n) is 7.98. The maximum Gasteiger partial charge on any atom is 0.341 e. The molecule has 10 N–H and O–H groups in total. The molecule has 0 saturated carbocycles. The number of para-hydroxylation sites is 4. The average Bonchev–Trinajstić information content (AvgIpc) is 0.993. The number of amides is 4. The van der Waals surface area contributed by atoms with E-state index in [1.165, 1.54) is 39.5 Å². The number of aromatic hydroxyl groups is 2. The Kier molecular flexibility index (Phi) is 30.0. The van der Waals surface area contributed by atoms with Crippen LogP contribution in [0.1, 0.15) is 72.7 Å². The van der Waals surface area contributed by atoms with Gasteiger partial charge in [0.2, 0.25) is 0 Å². The van der Waals surface area contributed by atoms with Crippen LogP contribution in [0.4, 0.5) is 17.1 Å². The van der Waals surface area contributed by atoms with Gasteiger partial charge in [-0.1, -0.05) is 54.6 Å². The molecule has 0 saturated heterocycles. The maximum absolute atomic E-state index is 12.5. The number of methoxy groups -OCH3 is 3. The fraction of sp³-hybridized carbons (Fsp3) is 0.188. The molecule has 0 aliphatic heterocycles. The predicted octanol–water partition coefficient (Wildman–Crippen LogP) is 10.3. The zero-order valence-electron chi connectivity index (χ0n) is 51.3. The predicted molar refractivity (Wildman–Crippen MR) is 345 cm³/mol. The molecule has 0 fully saturated rings. The minimum absolute atomic E-state index is 0.0352. The second-order valence-electron chi connectivity index (χ2n) is 19.4. The van der Waals surface area contributed by atoms with Crippen LogP contribution in [0.5, 0.6) is 51.7 Å². The molecule has 0 heterocycles. The monoisotopic (exact) mass is 1290 g/mol. The van der Waals surface area contributed by atoms with Crippen molar-refractivity contribution in [3.05, 3.63) is 216 Å². The number of anilines is 3. The summed E-state index contributed by atoms with van der Waals surface area (Å²) in [6.45, 7) is 0.394. The first-order chi connectivity index (χ1) is 45.3. The molecule has 0 bridgehead atoms. The van der Waals surface area contributed by atoms with Crippen molar-refractivity contribution < 1.29 is 102 Å². The maximum atomic E-state index is 12.5. The molecule has 8 aromatic rings. The Morgan fingerprint density at radius 1 is 0.362 bits per heavy atom. The number of carbonyl (C=O) groups is 8. The van der Waals surface area contributed by atoms with Crippen LogP contribution in [0.3, 0.4) is 0 Å². The number of phenolic OH excluding ortho intramolecular Hbond substituents is 2. The lowest BCUT2D eigenvalue weighted by Crippen LogP contribution is -2.24. The summed E-state index contributed by atoms with van der Waals surface area (Å²) < 4.78 is 36.5. The number of aliphatic carboxylic acids is 4. The van der Waals surface area contributed by atoms with Crippen LogP contribution >= 0.6 is 0 Å². The van der Waals surface area contributed by atoms with E-state index < -0.39 is 29.8 Å². The quantitative estimate of drug-likeness (QED) is 0.0195. The topological polar surface area (TPSA) is 371 Å². The molecule has 0 unspecified atom stereocenters. The highest BCUT2D eigenvalue weighted by Gasteiger charge is 2.18. The number of nitrogens with one attached hydrogen (secondary N) is 4. The Bertz CT molecular complexity index is 3770. The van der Waals surface area contributed by atoms with Gasteiger partial charge in [-0.15, -0.1) is 0 Å². The summed E-state index contributed by atoms with van der Waals surface area (Å²) in [6.07, 6.45) is 1.29. The lowest BCUT2D eigenvalue weighted by Gasteiger charge is -2.13. The molecule has 25 heteroatoms. The Morgan fingerprint density at radius 2 is 0.723 bits per heavy atom. The van der Waals surface area contributed by atoms with E-state index in [-0.39, 0.29) is 86.0 Å². The molecule has 0 spiro atoms. The van der Waals surface area contributed by atoms with Crippen molar-refractivity contribution in [2.45, 2.75) is 32.1 Å². The minimum atomic E-state index is -1.01. The van der Waals surface area contributed by atoms with Crippen molar-refractivity contribution in [2.24, 2.45) is 0 Å². The van der Waals surface area contributed by atoms with Crippen molar-refractivity contribution >= 4 is 64.6 Å². The largest absolute Gasteiger partial charge is 0.507 e. The molecule has 8 aromatic carbocycles. The van der Waals surface area contributed by atoms with Gasteiger partial charge in [0.15, 0.2) is 18.1 Å². The SMILES string of the molecule is COc1cccc(C(=O)Nc2ccc(OCCC(=O)O)cc2)c1OC.COc1ccccc1C(=O)Nc1ccc(OCCC(=O)O)cc1.O=C(O)CCOc1ccc(NC(=O)c2ccccc2O)cc1.O=C(O)COc1ccc(CCCNC(=O)c2ccccc2O)cc1. The van der Waals surface area contributed by atoms with E-state index in [1.807, 2.05) is 12.1 Å². The van der Waals surface area contributed by atoms with Crippen molar-refractivity contribution in [3.8, 4) is 51.7 Å². The number of carbonyl (C=O) groups excluding carboxylic acids is 4. The summed E-state index contributed by atoms with van der Waals surface area (Å²) in [6, 6.07) is 51.7. The molecule has 0 aromatic heterocycles. The first-order valence-corrected chi connectivity index (χ1v) is 28.7. The van der Waals surface area contributed by atoms with Crippen LogP contribution in [0.2, 0.25) is 0 Å². The Labute approximate surface area is 540 Å². The smallest absolute Gasteiger partial charge is 0.341 e. The van der Waals surface area contributed by atoms with Gasteiger partial charge in [0.1, 0.15) is 40.2 Å². The number of ether oxygens (including phenoxy) is 7. The lowest BCUT2D eigenvalue weighted by molar-refractivity contribution is -0.139. The van der Waals surface area contributed by atoms with E-state index >= 15 is 0 Å². The van der Waals surface area contributed by atoms with Crippen LogP contribution in [-0.4, -0.2) is 132 Å². The second-order valence-corrected chi connectivity index (χ2v) is 19.4. The van der Waals surface area contributed by atoms with Crippen molar-refractivity contribution in [1.29, 1.82) is 0 Å². The Morgan fingerprint density at radius 3 is 1.14 bits per heavy atom. The Balaban J connectivity index is 0.000000227. The van der Waals surface area contributed by atoms with E-state index in [1.54, 1.807) is 158 Å². The third-order valence-corrected chi connectivity index (χ3v) is 12.6. The molecule has 0 radical (unpaired) electrons. The van der Waals surface area contributed by atoms with Gasteiger partial charge in [0.05, 0.1) is 82.7 Å².